The van der Waals surface area contributed by atoms with E-state index in [0.717, 1.165) is 6.42 Å². The van der Waals surface area contributed by atoms with Gasteiger partial charge in [0.15, 0.2) is 6.10 Å². The smallest absolute Gasteiger partial charge is 0.335 e. The molecule has 0 fully saturated rings. The summed E-state index contributed by atoms with van der Waals surface area (Å²) in [6.07, 6.45) is 0.140. The molecule has 21 heavy (non-hydrogen) atoms. The van der Waals surface area contributed by atoms with Gasteiger partial charge in [-0.3, -0.25) is 4.79 Å². The van der Waals surface area contributed by atoms with E-state index in [2.05, 4.69) is 37.2 Å². The first kappa shape index (κ1) is 18.0. The molecule has 2 unspecified atom stereocenters. The lowest BCUT2D eigenvalue weighted by molar-refractivity contribution is -0.127. The van der Waals surface area contributed by atoms with Gasteiger partial charge in [0.05, 0.1) is 14.5 Å². The SMILES string of the molecule is CCC(C)NC(=O)C(C)Oc1c(Br)cc(C(=O)O)cc1Br. The van der Waals surface area contributed by atoms with Crippen LogP contribution in [0.5, 0.6) is 5.75 Å². The number of nitrogens with one attached hydrogen (secondary N) is 1. The maximum Gasteiger partial charge on any atom is 0.335 e. The Kier molecular flexibility index (Phi) is 6.67. The van der Waals surface area contributed by atoms with Gasteiger partial charge in [0, 0.05) is 6.04 Å². The van der Waals surface area contributed by atoms with Crippen molar-refractivity contribution in [1.82, 2.24) is 5.32 Å². The van der Waals surface area contributed by atoms with Crippen molar-refractivity contribution in [2.75, 3.05) is 0 Å². The van der Waals surface area contributed by atoms with Crippen LogP contribution in [0.3, 0.4) is 0 Å². The summed E-state index contributed by atoms with van der Waals surface area (Å²) >= 11 is 6.52. The molecule has 0 saturated heterocycles. The van der Waals surface area contributed by atoms with E-state index >= 15 is 0 Å². The number of carbonyl (C=O) groups excluding carboxylic acids is 1. The monoisotopic (exact) mass is 421 g/mol. The number of carboxylic acids is 1. The maximum atomic E-state index is 12.0. The van der Waals surface area contributed by atoms with Gasteiger partial charge >= 0.3 is 5.97 Å². The lowest BCUT2D eigenvalue weighted by Crippen LogP contribution is -2.41. The molecule has 1 aromatic carbocycles. The van der Waals surface area contributed by atoms with Gasteiger partial charge < -0.3 is 15.2 Å². The highest BCUT2D eigenvalue weighted by Gasteiger charge is 2.20. The Morgan fingerprint density at radius 3 is 2.24 bits per heavy atom. The zero-order valence-corrected chi connectivity index (χ0v) is 15.1. The lowest BCUT2D eigenvalue weighted by Gasteiger charge is -2.19. The third-order valence-corrected chi connectivity index (χ3v) is 4.09. The van der Waals surface area contributed by atoms with Crippen LogP contribution in [0.2, 0.25) is 0 Å². The molecule has 1 rings (SSSR count). The Morgan fingerprint density at radius 2 is 1.81 bits per heavy atom. The van der Waals surface area contributed by atoms with Gasteiger partial charge in [-0.25, -0.2) is 4.79 Å². The molecule has 0 aliphatic heterocycles. The van der Waals surface area contributed by atoms with Crippen LogP contribution in [0.25, 0.3) is 0 Å². The number of carbonyl (C=O) groups is 2. The number of benzene rings is 1. The predicted molar refractivity (Wildman–Crippen MR) is 86.8 cm³/mol. The molecule has 2 N–H and O–H groups in total. The summed E-state index contributed by atoms with van der Waals surface area (Å²) < 4.78 is 6.56. The van der Waals surface area contributed by atoms with E-state index in [1.807, 2.05) is 13.8 Å². The summed E-state index contributed by atoms with van der Waals surface area (Å²) in [5, 5.41) is 11.8. The predicted octanol–water partition coefficient (Wildman–Crippen LogP) is 3.59. The van der Waals surface area contributed by atoms with Crippen LogP contribution in [-0.4, -0.2) is 29.1 Å². The number of aromatic carboxylic acids is 1. The van der Waals surface area contributed by atoms with Crippen molar-refractivity contribution in [3.63, 3.8) is 0 Å². The Morgan fingerprint density at radius 1 is 1.29 bits per heavy atom. The van der Waals surface area contributed by atoms with Crippen LogP contribution >= 0.6 is 31.9 Å². The highest BCUT2D eigenvalue weighted by atomic mass is 79.9. The van der Waals surface area contributed by atoms with Crippen LogP contribution in [0, 0.1) is 0 Å². The topological polar surface area (TPSA) is 75.6 Å². The molecule has 2 atom stereocenters. The van der Waals surface area contributed by atoms with E-state index in [4.69, 9.17) is 9.84 Å². The number of amides is 1. The second-order valence-electron chi connectivity index (χ2n) is 4.65. The number of hydrogen-bond donors (Lipinski definition) is 2. The Bertz CT molecular complexity index is 525. The van der Waals surface area contributed by atoms with Gasteiger partial charge in [0.2, 0.25) is 0 Å². The van der Waals surface area contributed by atoms with Crippen molar-refractivity contribution in [1.29, 1.82) is 0 Å². The molecule has 1 amide bonds. The Hall–Kier alpha value is -1.08. The summed E-state index contributed by atoms with van der Waals surface area (Å²) in [6.45, 7) is 5.54. The molecule has 0 aromatic heterocycles. The number of hydrogen-bond acceptors (Lipinski definition) is 3. The standard InChI is InChI=1S/C14H17Br2NO4/c1-4-7(2)17-13(18)8(3)21-12-10(15)5-9(14(19)20)6-11(12)16/h5-8H,4H2,1-3H3,(H,17,18)(H,19,20). The number of carboxylic acid groups (broad SMARTS) is 1. The molecule has 7 heteroatoms. The van der Waals surface area contributed by atoms with E-state index in [0.29, 0.717) is 14.7 Å². The summed E-state index contributed by atoms with van der Waals surface area (Å²) in [7, 11) is 0. The highest BCUT2D eigenvalue weighted by molar-refractivity contribution is 9.11. The molecule has 0 heterocycles. The van der Waals surface area contributed by atoms with Gasteiger partial charge in [-0.15, -0.1) is 0 Å². The molecular weight excluding hydrogens is 406 g/mol. The zero-order chi connectivity index (χ0) is 16.2. The van der Waals surface area contributed by atoms with Gasteiger partial charge in [-0.1, -0.05) is 6.92 Å². The van der Waals surface area contributed by atoms with Crippen molar-refractivity contribution in [3.05, 3.63) is 26.6 Å². The molecule has 116 valence electrons. The normalized spacial score (nSPS) is 13.4. The number of halogens is 2. The van der Waals surface area contributed by atoms with E-state index in [9.17, 15) is 9.59 Å². The third-order valence-electron chi connectivity index (χ3n) is 2.91. The third kappa shape index (κ3) is 5.00. The molecular formula is C14H17Br2NO4. The summed E-state index contributed by atoms with van der Waals surface area (Å²) in [6, 6.07) is 2.94. The minimum atomic E-state index is -1.04. The average Bonchev–Trinajstić information content (AvgIpc) is 2.41. The fourth-order valence-corrected chi connectivity index (χ4v) is 2.86. The van der Waals surface area contributed by atoms with Crippen molar-refractivity contribution >= 4 is 43.7 Å². The van der Waals surface area contributed by atoms with Crippen LogP contribution in [0.15, 0.2) is 21.1 Å². The minimum Gasteiger partial charge on any atom is -0.479 e. The Labute approximate surface area is 140 Å². The summed E-state index contributed by atoms with van der Waals surface area (Å²) in [4.78, 5) is 22.9. The van der Waals surface area contributed by atoms with Crippen LogP contribution in [0.4, 0.5) is 0 Å². The first-order valence-electron chi connectivity index (χ1n) is 6.45. The molecule has 0 radical (unpaired) electrons. The van der Waals surface area contributed by atoms with Crippen LogP contribution in [-0.2, 0) is 4.79 Å². The molecule has 0 aliphatic rings. The van der Waals surface area contributed by atoms with E-state index in [1.165, 1.54) is 12.1 Å². The molecule has 0 saturated carbocycles. The number of rotatable bonds is 6. The van der Waals surface area contributed by atoms with Crippen LogP contribution < -0.4 is 10.1 Å². The van der Waals surface area contributed by atoms with Gasteiger partial charge in [0.25, 0.3) is 5.91 Å². The fraction of sp³-hybridized carbons (Fsp3) is 0.429. The van der Waals surface area contributed by atoms with Crippen molar-refractivity contribution < 1.29 is 19.4 Å². The van der Waals surface area contributed by atoms with Crippen molar-refractivity contribution in [2.24, 2.45) is 0 Å². The molecule has 0 spiro atoms. The van der Waals surface area contributed by atoms with Crippen LogP contribution in [0.1, 0.15) is 37.6 Å². The first-order chi connectivity index (χ1) is 9.76. The number of ether oxygens (including phenoxy) is 1. The van der Waals surface area contributed by atoms with Crippen molar-refractivity contribution in [2.45, 2.75) is 39.3 Å². The molecule has 0 aliphatic carbocycles. The zero-order valence-electron chi connectivity index (χ0n) is 11.9. The highest BCUT2D eigenvalue weighted by Crippen LogP contribution is 2.35. The molecule has 5 nitrogen and oxygen atoms in total. The lowest BCUT2D eigenvalue weighted by atomic mass is 10.2. The van der Waals surface area contributed by atoms with Crippen molar-refractivity contribution in [3.8, 4) is 5.75 Å². The largest absolute Gasteiger partial charge is 0.479 e. The average molecular weight is 423 g/mol. The summed E-state index contributed by atoms with van der Waals surface area (Å²) in [5.74, 6) is -0.859. The second kappa shape index (κ2) is 7.79. The van der Waals surface area contributed by atoms with Gasteiger partial charge in [-0.2, -0.15) is 0 Å². The van der Waals surface area contributed by atoms with Gasteiger partial charge in [-0.05, 0) is 64.3 Å². The van der Waals surface area contributed by atoms with E-state index in [-0.39, 0.29) is 17.5 Å². The minimum absolute atomic E-state index is 0.0739. The summed E-state index contributed by atoms with van der Waals surface area (Å²) in [5.41, 5.74) is 0.123. The van der Waals surface area contributed by atoms with Gasteiger partial charge in [0.1, 0.15) is 5.75 Å². The molecule has 0 bridgehead atoms. The molecule has 1 aromatic rings. The fourth-order valence-electron chi connectivity index (χ4n) is 1.49. The van der Waals surface area contributed by atoms with E-state index < -0.39 is 12.1 Å². The Balaban J connectivity index is 2.88. The quantitative estimate of drug-likeness (QED) is 0.734. The second-order valence-corrected chi connectivity index (χ2v) is 6.36. The maximum absolute atomic E-state index is 12.0. The van der Waals surface area contributed by atoms with E-state index in [1.54, 1.807) is 6.92 Å². The first-order valence-corrected chi connectivity index (χ1v) is 8.04.